The molecule has 21 heavy (non-hydrogen) atoms. The summed E-state index contributed by atoms with van der Waals surface area (Å²) in [5, 5.41) is 3.13. The van der Waals surface area contributed by atoms with E-state index in [9.17, 15) is 4.39 Å². The van der Waals surface area contributed by atoms with E-state index < -0.39 is 0 Å². The van der Waals surface area contributed by atoms with Crippen molar-refractivity contribution in [2.24, 2.45) is 0 Å². The number of benzene rings is 1. The highest BCUT2D eigenvalue weighted by Crippen LogP contribution is 2.23. The van der Waals surface area contributed by atoms with Gasteiger partial charge < -0.3 is 14.8 Å². The van der Waals surface area contributed by atoms with Crippen molar-refractivity contribution in [3.8, 4) is 11.8 Å². The van der Waals surface area contributed by atoms with Crippen LogP contribution in [0.3, 0.4) is 0 Å². The number of ether oxygens (including phenoxy) is 2. The molecule has 0 fully saturated rings. The Balaban J connectivity index is 2.08. The van der Waals surface area contributed by atoms with E-state index in [1.807, 2.05) is 0 Å². The monoisotopic (exact) mass is 355 g/mol. The van der Waals surface area contributed by atoms with Crippen LogP contribution in [0.25, 0.3) is 0 Å². The molecule has 1 aromatic carbocycles. The number of halogens is 2. The predicted octanol–water partition coefficient (Wildman–Crippen LogP) is 2.69. The Morgan fingerprint density at radius 3 is 2.43 bits per heavy atom. The molecule has 1 heterocycles. The van der Waals surface area contributed by atoms with E-state index in [1.165, 1.54) is 26.6 Å². The zero-order valence-electron chi connectivity index (χ0n) is 11.7. The minimum Gasteiger partial charge on any atom is -0.481 e. The topological polar surface area (TPSA) is 56.3 Å². The molecule has 0 spiro atoms. The average Bonchev–Trinajstić information content (AvgIpc) is 2.50. The fourth-order valence-corrected chi connectivity index (χ4v) is 2.29. The highest BCUT2D eigenvalue weighted by atomic mass is 79.9. The summed E-state index contributed by atoms with van der Waals surface area (Å²) in [4.78, 5) is 8.06. The standard InChI is InChI=1S/C14H15BrFN3O2/c1-20-13-11(14(21-2)19-8-18-13)7-17-6-9-5-10(15)3-4-12(9)16/h3-5,8,17H,6-7H2,1-2H3. The lowest BCUT2D eigenvalue weighted by Crippen LogP contribution is -2.16. The molecule has 0 bridgehead atoms. The highest BCUT2D eigenvalue weighted by molar-refractivity contribution is 9.10. The van der Waals surface area contributed by atoms with Crippen molar-refractivity contribution in [3.63, 3.8) is 0 Å². The third-order valence-corrected chi connectivity index (χ3v) is 3.37. The van der Waals surface area contributed by atoms with Crippen molar-refractivity contribution in [2.45, 2.75) is 13.1 Å². The lowest BCUT2D eigenvalue weighted by molar-refractivity contribution is 0.359. The molecule has 1 N–H and O–H groups in total. The van der Waals surface area contributed by atoms with E-state index >= 15 is 0 Å². The third kappa shape index (κ3) is 3.89. The highest BCUT2D eigenvalue weighted by Gasteiger charge is 2.12. The first-order valence-corrected chi connectivity index (χ1v) is 7.01. The molecule has 0 aliphatic rings. The Bertz CT molecular complexity index is 603. The molecular formula is C14H15BrFN3O2. The number of rotatable bonds is 6. The SMILES string of the molecule is COc1ncnc(OC)c1CNCc1cc(Br)ccc1F. The molecule has 112 valence electrons. The summed E-state index contributed by atoms with van der Waals surface area (Å²) in [6, 6.07) is 4.82. The summed E-state index contributed by atoms with van der Waals surface area (Å²) >= 11 is 3.32. The minimum atomic E-state index is -0.256. The van der Waals surface area contributed by atoms with Gasteiger partial charge in [-0.1, -0.05) is 15.9 Å². The predicted molar refractivity (Wildman–Crippen MR) is 79.8 cm³/mol. The minimum absolute atomic E-state index is 0.256. The second kappa shape index (κ2) is 7.33. The van der Waals surface area contributed by atoms with Gasteiger partial charge >= 0.3 is 0 Å². The quantitative estimate of drug-likeness (QED) is 0.863. The Morgan fingerprint density at radius 1 is 1.14 bits per heavy atom. The Morgan fingerprint density at radius 2 is 1.81 bits per heavy atom. The smallest absolute Gasteiger partial charge is 0.224 e. The van der Waals surface area contributed by atoms with Gasteiger partial charge in [0.25, 0.3) is 0 Å². The molecule has 5 nitrogen and oxygen atoms in total. The molecule has 0 saturated carbocycles. The molecule has 7 heteroatoms. The number of nitrogens with zero attached hydrogens (tertiary/aromatic N) is 2. The Hall–Kier alpha value is -1.73. The maximum atomic E-state index is 13.7. The van der Waals surface area contributed by atoms with Crippen molar-refractivity contribution in [1.82, 2.24) is 15.3 Å². The summed E-state index contributed by atoms with van der Waals surface area (Å²) in [5.74, 6) is 0.613. The summed E-state index contributed by atoms with van der Waals surface area (Å²) < 4.78 is 24.8. The number of nitrogens with one attached hydrogen (secondary N) is 1. The molecule has 1 aromatic heterocycles. The van der Waals surface area contributed by atoms with Gasteiger partial charge in [-0.3, -0.25) is 0 Å². The normalized spacial score (nSPS) is 10.5. The first-order valence-electron chi connectivity index (χ1n) is 6.22. The maximum Gasteiger partial charge on any atom is 0.224 e. The molecule has 0 aliphatic heterocycles. The molecule has 0 unspecified atom stereocenters. The fourth-order valence-electron chi connectivity index (χ4n) is 1.89. The molecule has 2 aromatic rings. The first kappa shape index (κ1) is 15.7. The largest absolute Gasteiger partial charge is 0.481 e. The van der Waals surface area contributed by atoms with E-state index in [-0.39, 0.29) is 5.82 Å². The summed E-state index contributed by atoms with van der Waals surface area (Å²) in [6.07, 6.45) is 1.37. The molecule has 0 atom stereocenters. The van der Waals surface area contributed by atoms with Gasteiger partial charge in [0.15, 0.2) is 0 Å². The molecule has 2 rings (SSSR count). The van der Waals surface area contributed by atoms with Gasteiger partial charge in [-0.05, 0) is 18.2 Å². The molecular weight excluding hydrogens is 341 g/mol. The third-order valence-electron chi connectivity index (χ3n) is 2.88. The molecule has 0 aliphatic carbocycles. The lowest BCUT2D eigenvalue weighted by Gasteiger charge is -2.12. The second-order valence-electron chi connectivity index (χ2n) is 4.21. The first-order chi connectivity index (χ1) is 10.2. The van der Waals surface area contributed by atoms with Crippen LogP contribution in [0, 0.1) is 5.82 Å². The van der Waals surface area contributed by atoms with Gasteiger partial charge in [0.2, 0.25) is 11.8 Å². The second-order valence-corrected chi connectivity index (χ2v) is 5.13. The van der Waals surface area contributed by atoms with Crippen molar-refractivity contribution in [3.05, 3.63) is 45.9 Å². The van der Waals surface area contributed by atoms with Gasteiger partial charge in [-0.15, -0.1) is 0 Å². The van der Waals surface area contributed by atoms with Crippen molar-refractivity contribution < 1.29 is 13.9 Å². The number of hydrogen-bond acceptors (Lipinski definition) is 5. The Labute approximate surface area is 130 Å². The van der Waals surface area contributed by atoms with Crippen LogP contribution in [-0.4, -0.2) is 24.2 Å². The molecule has 0 amide bonds. The van der Waals surface area contributed by atoms with E-state index in [0.29, 0.717) is 36.0 Å². The van der Waals surface area contributed by atoms with Crippen molar-refractivity contribution in [1.29, 1.82) is 0 Å². The zero-order chi connectivity index (χ0) is 15.2. The summed E-state index contributed by atoms with van der Waals surface area (Å²) in [5.41, 5.74) is 1.26. The van der Waals surface area contributed by atoms with E-state index in [2.05, 4.69) is 31.2 Å². The number of methoxy groups -OCH3 is 2. The molecule has 0 radical (unpaired) electrons. The van der Waals surface area contributed by atoms with Crippen LogP contribution in [-0.2, 0) is 13.1 Å². The fraction of sp³-hybridized carbons (Fsp3) is 0.286. The van der Waals surface area contributed by atoms with E-state index in [1.54, 1.807) is 12.1 Å². The van der Waals surface area contributed by atoms with Crippen LogP contribution in [0.2, 0.25) is 0 Å². The van der Waals surface area contributed by atoms with Crippen molar-refractivity contribution in [2.75, 3.05) is 14.2 Å². The van der Waals surface area contributed by atoms with E-state index in [0.717, 1.165) is 4.47 Å². The van der Waals surface area contributed by atoms with Crippen LogP contribution in [0.15, 0.2) is 29.0 Å². The molecule has 0 saturated heterocycles. The van der Waals surface area contributed by atoms with Crippen LogP contribution in [0.1, 0.15) is 11.1 Å². The van der Waals surface area contributed by atoms with Gasteiger partial charge in [-0.25, -0.2) is 14.4 Å². The van der Waals surface area contributed by atoms with Gasteiger partial charge in [0.05, 0.1) is 19.8 Å². The van der Waals surface area contributed by atoms with Crippen LogP contribution in [0.4, 0.5) is 4.39 Å². The van der Waals surface area contributed by atoms with E-state index in [4.69, 9.17) is 9.47 Å². The maximum absolute atomic E-state index is 13.7. The van der Waals surface area contributed by atoms with Gasteiger partial charge in [0.1, 0.15) is 12.1 Å². The summed E-state index contributed by atoms with van der Waals surface area (Å²) in [7, 11) is 3.05. The van der Waals surface area contributed by atoms with Crippen molar-refractivity contribution >= 4 is 15.9 Å². The van der Waals surface area contributed by atoms with Gasteiger partial charge in [-0.2, -0.15) is 0 Å². The Kier molecular flexibility index (Phi) is 5.46. The lowest BCUT2D eigenvalue weighted by atomic mass is 10.2. The number of hydrogen-bond donors (Lipinski definition) is 1. The van der Waals surface area contributed by atoms with Crippen LogP contribution < -0.4 is 14.8 Å². The summed E-state index contributed by atoms with van der Waals surface area (Å²) in [6.45, 7) is 0.769. The number of aromatic nitrogens is 2. The van der Waals surface area contributed by atoms with Crippen LogP contribution in [0.5, 0.6) is 11.8 Å². The van der Waals surface area contributed by atoms with Gasteiger partial charge in [0, 0.05) is 23.1 Å². The zero-order valence-corrected chi connectivity index (χ0v) is 13.3. The van der Waals surface area contributed by atoms with Crippen LogP contribution >= 0.6 is 15.9 Å². The average molecular weight is 356 g/mol.